The molecule has 0 bridgehead atoms. The fraction of sp³-hybridized carbons (Fsp3) is 0.167. The van der Waals surface area contributed by atoms with Gasteiger partial charge < -0.3 is 0 Å². The summed E-state index contributed by atoms with van der Waals surface area (Å²) in [6, 6.07) is 16.1. The minimum absolute atomic E-state index is 0.303. The van der Waals surface area contributed by atoms with Crippen LogP contribution < -0.4 is 0 Å². The first-order valence-electron chi connectivity index (χ1n) is 7.35. The molecule has 0 aliphatic heterocycles. The highest BCUT2D eigenvalue weighted by atomic mass is 32.2. The molecule has 1 heterocycles. The van der Waals surface area contributed by atoms with Gasteiger partial charge in [-0.15, -0.1) is 0 Å². The number of nitrogens with zero attached hydrogens (tertiary/aromatic N) is 2. The van der Waals surface area contributed by atoms with Gasteiger partial charge >= 0.3 is 0 Å². The van der Waals surface area contributed by atoms with Crippen LogP contribution in [0.25, 0.3) is 5.69 Å². The Bertz CT molecular complexity index is 800. The van der Waals surface area contributed by atoms with Gasteiger partial charge in [-0.05, 0) is 36.8 Å². The number of hydrogen-bond donors (Lipinski definition) is 0. The highest BCUT2D eigenvalue weighted by Crippen LogP contribution is 2.24. The van der Waals surface area contributed by atoms with E-state index in [9.17, 15) is 8.60 Å². The van der Waals surface area contributed by atoms with Crippen LogP contribution in [-0.2, 0) is 16.6 Å². The Labute approximate surface area is 137 Å². The Morgan fingerprint density at radius 2 is 1.87 bits per heavy atom. The van der Waals surface area contributed by atoms with Crippen LogP contribution in [0, 0.1) is 5.82 Å². The van der Waals surface area contributed by atoms with Crippen LogP contribution in [0.4, 0.5) is 4.39 Å². The summed E-state index contributed by atoms with van der Waals surface area (Å²) >= 11 is 0. The summed E-state index contributed by atoms with van der Waals surface area (Å²) in [4.78, 5) is 0. The highest BCUT2D eigenvalue weighted by Gasteiger charge is 2.17. The maximum Gasteiger partial charge on any atom is 0.127 e. The van der Waals surface area contributed by atoms with E-state index >= 15 is 0 Å². The first-order valence-corrected chi connectivity index (χ1v) is 8.74. The van der Waals surface area contributed by atoms with E-state index in [4.69, 9.17) is 0 Å². The van der Waals surface area contributed by atoms with Crippen LogP contribution in [0.5, 0.6) is 0 Å². The van der Waals surface area contributed by atoms with Crippen molar-refractivity contribution in [2.24, 2.45) is 0 Å². The van der Waals surface area contributed by atoms with Crippen molar-refractivity contribution in [1.82, 2.24) is 9.78 Å². The fourth-order valence-electron chi connectivity index (χ4n) is 2.40. The van der Waals surface area contributed by atoms with Crippen molar-refractivity contribution in [3.05, 3.63) is 83.9 Å². The smallest absolute Gasteiger partial charge is 0.127 e. The van der Waals surface area contributed by atoms with Crippen molar-refractivity contribution in [1.29, 1.82) is 0 Å². The summed E-state index contributed by atoms with van der Waals surface area (Å²) in [5.41, 5.74) is 2.41. The SMILES string of the molecule is C[C@H](c1ccccc1F)[S@](=O)Cc1ccc(-n2cccn2)cc1. The lowest BCUT2D eigenvalue weighted by atomic mass is 10.1. The van der Waals surface area contributed by atoms with E-state index in [1.165, 1.54) is 6.07 Å². The first-order chi connectivity index (χ1) is 11.1. The molecular weight excluding hydrogens is 311 g/mol. The number of hydrogen-bond acceptors (Lipinski definition) is 2. The quantitative estimate of drug-likeness (QED) is 0.709. The molecule has 0 aliphatic rings. The predicted molar refractivity (Wildman–Crippen MR) is 90.2 cm³/mol. The molecule has 3 aromatic rings. The van der Waals surface area contributed by atoms with Crippen LogP contribution in [0.2, 0.25) is 0 Å². The molecular formula is C18H17FN2OS. The van der Waals surface area contributed by atoms with Crippen molar-refractivity contribution in [3.63, 3.8) is 0 Å². The van der Waals surface area contributed by atoms with E-state index in [0.717, 1.165) is 11.3 Å². The molecule has 2 atom stereocenters. The normalized spacial score (nSPS) is 13.7. The Balaban J connectivity index is 1.72. The van der Waals surface area contributed by atoms with Crippen LogP contribution in [0.1, 0.15) is 23.3 Å². The standard InChI is InChI=1S/C18H17FN2OS/c1-14(17-5-2-3-6-18(17)19)23(22)13-15-7-9-16(10-8-15)21-12-4-11-20-21/h2-12,14H,13H2,1H3/t14-,23-/m1/s1. The third-order valence-corrected chi connectivity index (χ3v) is 5.41. The maximum atomic E-state index is 13.8. The van der Waals surface area contributed by atoms with Gasteiger partial charge in [0.15, 0.2) is 0 Å². The number of aromatic nitrogens is 2. The number of rotatable bonds is 5. The maximum absolute atomic E-state index is 13.8. The molecule has 0 radical (unpaired) electrons. The fourth-order valence-corrected chi connectivity index (χ4v) is 3.65. The van der Waals surface area contributed by atoms with Gasteiger partial charge in [0.05, 0.1) is 10.9 Å². The minimum Gasteiger partial charge on any atom is -0.259 e. The van der Waals surface area contributed by atoms with Crippen LogP contribution in [0.3, 0.4) is 0 Å². The monoisotopic (exact) mass is 328 g/mol. The molecule has 0 fully saturated rings. The molecule has 0 unspecified atom stereocenters. The van der Waals surface area contributed by atoms with Crippen molar-refractivity contribution in [2.75, 3.05) is 0 Å². The first kappa shape index (κ1) is 15.6. The molecule has 1 aromatic heterocycles. The van der Waals surface area contributed by atoms with Gasteiger partial charge in [-0.2, -0.15) is 5.10 Å². The van der Waals surface area contributed by atoms with E-state index in [1.54, 1.807) is 36.0 Å². The molecule has 3 rings (SSSR count). The number of halogens is 1. The number of benzene rings is 2. The second kappa shape index (κ2) is 6.87. The summed E-state index contributed by atoms with van der Waals surface area (Å²) < 4.78 is 28.1. The average Bonchev–Trinajstić information content (AvgIpc) is 3.10. The predicted octanol–water partition coefficient (Wildman–Crippen LogP) is 4.02. The van der Waals surface area contributed by atoms with Crippen LogP contribution in [0.15, 0.2) is 67.0 Å². The molecule has 0 aliphatic carbocycles. The van der Waals surface area contributed by atoms with E-state index in [2.05, 4.69) is 5.10 Å². The van der Waals surface area contributed by atoms with E-state index in [1.807, 2.05) is 36.5 Å². The van der Waals surface area contributed by atoms with Gasteiger partial charge in [0.1, 0.15) is 5.82 Å². The van der Waals surface area contributed by atoms with Crippen LogP contribution in [-0.4, -0.2) is 14.0 Å². The van der Waals surface area contributed by atoms with Crippen molar-refractivity contribution in [2.45, 2.75) is 17.9 Å². The Morgan fingerprint density at radius 1 is 1.13 bits per heavy atom. The van der Waals surface area contributed by atoms with E-state index < -0.39 is 10.8 Å². The second-order valence-electron chi connectivity index (χ2n) is 5.31. The Morgan fingerprint density at radius 3 is 2.52 bits per heavy atom. The molecule has 0 amide bonds. The molecule has 2 aromatic carbocycles. The summed E-state index contributed by atoms with van der Waals surface area (Å²) in [5.74, 6) is 0.0944. The zero-order valence-electron chi connectivity index (χ0n) is 12.7. The summed E-state index contributed by atoms with van der Waals surface area (Å²) in [5, 5.41) is 3.82. The summed E-state index contributed by atoms with van der Waals surface area (Å²) in [7, 11) is -1.18. The largest absolute Gasteiger partial charge is 0.259 e. The van der Waals surface area contributed by atoms with Gasteiger partial charge in [-0.3, -0.25) is 4.21 Å². The van der Waals surface area contributed by atoms with E-state index in [-0.39, 0.29) is 11.1 Å². The highest BCUT2D eigenvalue weighted by molar-refractivity contribution is 7.84. The van der Waals surface area contributed by atoms with Gasteiger partial charge in [-0.25, -0.2) is 9.07 Å². The third-order valence-electron chi connectivity index (χ3n) is 3.75. The topological polar surface area (TPSA) is 34.9 Å². The van der Waals surface area contributed by atoms with Crippen LogP contribution >= 0.6 is 0 Å². The molecule has 0 spiro atoms. The second-order valence-corrected chi connectivity index (χ2v) is 7.06. The van der Waals surface area contributed by atoms with Gasteiger partial charge in [-0.1, -0.05) is 30.3 Å². The van der Waals surface area contributed by atoms with Crippen molar-refractivity contribution < 1.29 is 8.60 Å². The lowest BCUT2D eigenvalue weighted by Gasteiger charge is -2.13. The third kappa shape index (κ3) is 3.56. The minimum atomic E-state index is -1.18. The summed E-state index contributed by atoms with van der Waals surface area (Å²) in [6.07, 6.45) is 3.59. The Kier molecular flexibility index (Phi) is 4.67. The molecule has 0 saturated heterocycles. The Hall–Kier alpha value is -2.27. The van der Waals surface area contributed by atoms with E-state index in [0.29, 0.717) is 11.3 Å². The van der Waals surface area contributed by atoms with Crippen molar-refractivity contribution in [3.8, 4) is 5.69 Å². The van der Waals surface area contributed by atoms with Gasteiger partial charge in [0.25, 0.3) is 0 Å². The van der Waals surface area contributed by atoms with Crippen molar-refractivity contribution >= 4 is 10.8 Å². The lowest BCUT2D eigenvalue weighted by molar-refractivity contribution is 0.606. The zero-order valence-corrected chi connectivity index (χ0v) is 13.5. The molecule has 118 valence electrons. The van der Waals surface area contributed by atoms with Gasteiger partial charge in [0, 0.05) is 34.5 Å². The average molecular weight is 328 g/mol. The molecule has 0 saturated carbocycles. The zero-order chi connectivity index (χ0) is 16.2. The molecule has 3 nitrogen and oxygen atoms in total. The molecule has 0 N–H and O–H groups in total. The molecule has 5 heteroatoms. The van der Waals surface area contributed by atoms with Gasteiger partial charge in [0.2, 0.25) is 0 Å². The summed E-state index contributed by atoms with van der Waals surface area (Å²) in [6.45, 7) is 1.80. The molecule has 23 heavy (non-hydrogen) atoms. The lowest BCUT2D eigenvalue weighted by Crippen LogP contribution is -2.07.